The molecule has 2 saturated heterocycles. The molecule has 35 heavy (non-hydrogen) atoms. The van der Waals surface area contributed by atoms with Gasteiger partial charge in [0.05, 0.1) is 25.6 Å². The number of halogens is 2. The highest BCUT2D eigenvalue weighted by Gasteiger charge is 2.54. The Hall–Kier alpha value is -1.86. The predicted octanol–water partition coefficient (Wildman–Crippen LogP) is 3.03. The second-order valence-electron chi connectivity index (χ2n) is 8.44. The average molecular weight is 546 g/mol. The first kappa shape index (κ1) is 24.8. The first-order valence-electron chi connectivity index (χ1n) is 10.6. The van der Waals surface area contributed by atoms with Crippen LogP contribution in [0.15, 0.2) is 30.9 Å². The zero-order valence-electron chi connectivity index (χ0n) is 18.3. The van der Waals surface area contributed by atoms with Gasteiger partial charge in [-0.05, 0) is 30.7 Å². The number of aromatic nitrogens is 4. The Morgan fingerprint density at radius 2 is 2.03 bits per heavy atom. The maximum Gasteiger partial charge on any atom is 0.475 e. The third-order valence-electron chi connectivity index (χ3n) is 5.93. The number of rotatable bonds is 5. The monoisotopic (exact) mass is 545 g/mol. The Morgan fingerprint density at radius 1 is 1.29 bits per heavy atom. The van der Waals surface area contributed by atoms with Crippen molar-refractivity contribution in [2.45, 2.75) is 43.5 Å². The van der Waals surface area contributed by atoms with Crippen LogP contribution < -0.4 is 5.73 Å². The van der Waals surface area contributed by atoms with Crippen molar-refractivity contribution in [3.63, 3.8) is 0 Å². The average Bonchev–Trinajstić information content (AvgIpc) is 3.31. The van der Waals surface area contributed by atoms with E-state index in [0.717, 1.165) is 0 Å². The molecule has 3 aromatic rings. The van der Waals surface area contributed by atoms with Gasteiger partial charge in [-0.15, -0.1) is 0 Å². The van der Waals surface area contributed by atoms with Gasteiger partial charge in [0.15, 0.2) is 17.7 Å². The Kier molecular flexibility index (Phi) is 6.54. The van der Waals surface area contributed by atoms with Gasteiger partial charge in [-0.1, -0.05) is 23.2 Å². The van der Waals surface area contributed by atoms with Crippen LogP contribution in [0.2, 0.25) is 10.0 Å². The van der Waals surface area contributed by atoms with Gasteiger partial charge < -0.3 is 20.7 Å². The molecule has 1 aromatic carbocycles. The fourth-order valence-corrected chi connectivity index (χ4v) is 6.09. The number of nitrogens with two attached hydrogens (primary N) is 1. The summed E-state index contributed by atoms with van der Waals surface area (Å²) in [6.07, 6.45) is -1.18. The number of imidazole rings is 1. The molecule has 188 valence electrons. The van der Waals surface area contributed by atoms with Crippen LogP contribution in [0.3, 0.4) is 0 Å². The number of phosphoric acid groups is 1. The topological polar surface area (TPSA) is 164 Å². The number of hydrogen-bond donors (Lipinski definition) is 3. The van der Waals surface area contributed by atoms with E-state index >= 15 is 0 Å². The van der Waals surface area contributed by atoms with E-state index < -0.39 is 44.6 Å². The molecule has 5 rings (SSSR count). The van der Waals surface area contributed by atoms with Crippen LogP contribution in [0.25, 0.3) is 11.2 Å². The quantitative estimate of drug-likeness (QED) is 0.403. The summed E-state index contributed by atoms with van der Waals surface area (Å²) in [5.74, 6) is 0.159. The number of nitrogen functional groups attached to an aromatic ring is 1. The van der Waals surface area contributed by atoms with E-state index in [1.54, 1.807) is 18.2 Å². The van der Waals surface area contributed by atoms with Gasteiger partial charge in [0.1, 0.15) is 29.7 Å². The molecule has 0 amide bonds. The number of fused-ring (bicyclic) bond motifs is 1. The van der Waals surface area contributed by atoms with E-state index in [9.17, 15) is 14.8 Å². The normalized spacial score (nSPS) is 33.4. The van der Waals surface area contributed by atoms with E-state index in [2.05, 4.69) is 15.0 Å². The van der Waals surface area contributed by atoms with Crippen LogP contribution in [0.1, 0.15) is 31.2 Å². The highest BCUT2D eigenvalue weighted by Crippen LogP contribution is 2.57. The second kappa shape index (κ2) is 9.22. The Balaban J connectivity index is 1.31. The lowest BCUT2D eigenvalue weighted by Gasteiger charge is -2.30. The summed E-state index contributed by atoms with van der Waals surface area (Å²) in [6.45, 7) is 1.11. The van der Waals surface area contributed by atoms with E-state index in [1.165, 1.54) is 24.1 Å². The van der Waals surface area contributed by atoms with Crippen molar-refractivity contribution in [3.05, 3.63) is 46.5 Å². The molecule has 12 nitrogen and oxygen atoms in total. The lowest BCUT2D eigenvalue weighted by Crippen LogP contribution is -2.44. The molecular formula is C20H22Cl2N5O7P. The molecule has 4 heterocycles. The predicted molar refractivity (Wildman–Crippen MR) is 125 cm³/mol. The van der Waals surface area contributed by atoms with Crippen LogP contribution >= 0.6 is 31.0 Å². The summed E-state index contributed by atoms with van der Waals surface area (Å²) in [5.41, 5.74) is 5.32. The van der Waals surface area contributed by atoms with Crippen molar-refractivity contribution in [2.75, 3.05) is 18.9 Å². The second-order valence-corrected chi connectivity index (χ2v) is 10.9. The van der Waals surface area contributed by atoms with Gasteiger partial charge in [-0.25, -0.2) is 19.5 Å². The fourth-order valence-electron chi connectivity index (χ4n) is 4.15. The number of ether oxygens (including phenoxy) is 1. The smallest absolute Gasteiger partial charge is 0.387 e. The van der Waals surface area contributed by atoms with Gasteiger partial charge in [-0.2, -0.15) is 0 Å². The SMILES string of the molecule is C[C@@]1(O)[C@H](O)[C@@H](COP2(=O)OCC[C@@H](c3cc(Cl)cc(Cl)c3)O2)O[C@H]1n1cnc2c(N)ncnc21. The van der Waals surface area contributed by atoms with Crippen molar-refractivity contribution < 1.29 is 33.1 Å². The third kappa shape index (κ3) is 4.66. The number of aliphatic hydroxyl groups is 2. The molecule has 0 spiro atoms. The molecule has 0 radical (unpaired) electrons. The number of nitrogens with zero attached hydrogens (tertiary/aromatic N) is 4. The maximum atomic E-state index is 13.2. The van der Waals surface area contributed by atoms with E-state index in [-0.39, 0.29) is 12.4 Å². The minimum absolute atomic E-state index is 0.0998. The number of benzene rings is 1. The molecule has 2 fully saturated rings. The van der Waals surface area contributed by atoms with Crippen LogP contribution in [0.5, 0.6) is 0 Å². The standard InChI is InChI=1S/C20H22Cl2N5O7P/c1-20(29)16(28)14(33-19(20)27-9-26-15-17(23)24-8-25-18(15)27)7-32-35(30)31-3-2-13(34-35)10-4-11(21)6-12(22)5-10/h4-6,8-9,13-14,16,19,28-29H,2-3,7H2,1H3,(H2,23,24,25)/t13-,14+,16+,19+,20+,35?/m0/s1. The largest absolute Gasteiger partial charge is 0.475 e. The first-order valence-corrected chi connectivity index (χ1v) is 12.8. The molecule has 0 aliphatic carbocycles. The summed E-state index contributed by atoms with van der Waals surface area (Å²) >= 11 is 12.1. The molecule has 0 bridgehead atoms. The van der Waals surface area contributed by atoms with E-state index in [4.69, 9.17) is 47.2 Å². The molecule has 2 aliphatic heterocycles. The minimum Gasteiger partial charge on any atom is -0.387 e. The molecule has 0 saturated carbocycles. The number of anilines is 1. The van der Waals surface area contributed by atoms with Crippen molar-refractivity contribution in [1.82, 2.24) is 19.5 Å². The number of aliphatic hydroxyl groups excluding tert-OH is 1. The maximum absolute atomic E-state index is 13.2. The van der Waals surface area contributed by atoms with Gasteiger partial charge in [0, 0.05) is 16.5 Å². The van der Waals surface area contributed by atoms with Gasteiger partial charge in [0.25, 0.3) is 0 Å². The molecule has 2 aromatic heterocycles. The molecular weight excluding hydrogens is 524 g/mol. The van der Waals surface area contributed by atoms with Crippen molar-refractivity contribution >= 4 is 48.0 Å². The molecule has 1 unspecified atom stereocenters. The van der Waals surface area contributed by atoms with Crippen LogP contribution in [-0.2, 0) is 22.9 Å². The highest BCUT2D eigenvalue weighted by molar-refractivity contribution is 7.48. The lowest BCUT2D eigenvalue weighted by atomic mass is 9.96. The summed E-state index contributed by atoms with van der Waals surface area (Å²) in [7, 11) is -4.03. The minimum atomic E-state index is -4.03. The van der Waals surface area contributed by atoms with Crippen LogP contribution in [-0.4, -0.2) is 60.8 Å². The molecule has 4 N–H and O–H groups in total. The summed E-state index contributed by atoms with van der Waals surface area (Å²) in [5, 5.41) is 22.6. The summed E-state index contributed by atoms with van der Waals surface area (Å²) < 4.78 is 36.9. The Bertz CT molecular complexity index is 1290. The Labute approximate surface area is 209 Å². The van der Waals surface area contributed by atoms with Crippen molar-refractivity contribution in [1.29, 1.82) is 0 Å². The summed E-state index contributed by atoms with van der Waals surface area (Å²) in [6, 6.07) is 4.89. The van der Waals surface area contributed by atoms with E-state index in [0.29, 0.717) is 33.2 Å². The highest BCUT2D eigenvalue weighted by atomic mass is 35.5. The third-order valence-corrected chi connectivity index (χ3v) is 7.85. The van der Waals surface area contributed by atoms with Gasteiger partial charge in [0.2, 0.25) is 0 Å². The van der Waals surface area contributed by atoms with Gasteiger partial charge in [-0.3, -0.25) is 18.1 Å². The molecule has 15 heteroatoms. The van der Waals surface area contributed by atoms with Crippen molar-refractivity contribution in [2.24, 2.45) is 0 Å². The zero-order valence-corrected chi connectivity index (χ0v) is 20.7. The van der Waals surface area contributed by atoms with Crippen LogP contribution in [0.4, 0.5) is 5.82 Å². The Morgan fingerprint density at radius 3 is 2.77 bits per heavy atom. The van der Waals surface area contributed by atoms with Gasteiger partial charge >= 0.3 is 7.82 Å². The fraction of sp³-hybridized carbons (Fsp3) is 0.450. The zero-order chi connectivity index (χ0) is 25.0. The summed E-state index contributed by atoms with van der Waals surface area (Å²) in [4.78, 5) is 12.2. The number of hydrogen-bond acceptors (Lipinski definition) is 11. The molecule has 2 aliphatic rings. The molecule has 6 atom stereocenters. The van der Waals surface area contributed by atoms with E-state index in [1.807, 2.05) is 0 Å². The first-order chi connectivity index (χ1) is 16.6. The van der Waals surface area contributed by atoms with Crippen LogP contribution in [0, 0.1) is 0 Å². The lowest BCUT2D eigenvalue weighted by molar-refractivity contribution is -0.0953. The number of phosphoric ester groups is 1. The van der Waals surface area contributed by atoms with Crippen molar-refractivity contribution in [3.8, 4) is 0 Å².